The summed E-state index contributed by atoms with van der Waals surface area (Å²) in [5, 5.41) is 0.476. The van der Waals surface area contributed by atoms with Gasteiger partial charge in [-0.3, -0.25) is 9.10 Å². The standard InChI is InChI=1S/C22H25ClN2O5S/c1-4-14-25(19-12-10-18(23)11-13-19)31(28,29)20-9-7-8-17(15-20)22(27)30-16-21(26)24(5-2)6-3/h4,7-13,15H,1,5-6,14,16H2,2-3H3. The highest BCUT2D eigenvalue weighted by Crippen LogP contribution is 2.25. The molecule has 0 saturated heterocycles. The summed E-state index contributed by atoms with van der Waals surface area (Å²) >= 11 is 5.90. The maximum absolute atomic E-state index is 13.2. The molecule has 0 saturated carbocycles. The average molecular weight is 465 g/mol. The van der Waals surface area contributed by atoms with Crippen LogP contribution in [0.15, 0.2) is 66.1 Å². The minimum atomic E-state index is -4.00. The van der Waals surface area contributed by atoms with Gasteiger partial charge in [-0.1, -0.05) is 23.7 Å². The third-order valence-corrected chi connectivity index (χ3v) is 6.55. The Morgan fingerprint density at radius 3 is 2.32 bits per heavy atom. The summed E-state index contributed by atoms with van der Waals surface area (Å²) in [6.07, 6.45) is 1.46. The zero-order valence-corrected chi connectivity index (χ0v) is 19.0. The van der Waals surface area contributed by atoms with E-state index in [-0.39, 0.29) is 22.9 Å². The Kier molecular flexibility index (Phi) is 8.65. The number of carbonyl (C=O) groups is 2. The van der Waals surface area contributed by atoms with Crippen molar-refractivity contribution >= 4 is 39.2 Å². The molecular formula is C22H25ClN2O5S. The van der Waals surface area contributed by atoms with Gasteiger partial charge in [0.25, 0.3) is 15.9 Å². The van der Waals surface area contributed by atoms with Crippen molar-refractivity contribution in [2.24, 2.45) is 0 Å². The van der Waals surface area contributed by atoms with Crippen molar-refractivity contribution < 1.29 is 22.7 Å². The Hall–Kier alpha value is -2.84. The number of hydrogen-bond donors (Lipinski definition) is 0. The number of esters is 1. The third-order valence-electron chi connectivity index (χ3n) is 4.51. The highest BCUT2D eigenvalue weighted by Gasteiger charge is 2.25. The number of nitrogens with zero attached hydrogens (tertiary/aromatic N) is 2. The van der Waals surface area contributed by atoms with E-state index in [1.165, 1.54) is 35.2 Å². The Labute approximate surface area is 187 Å². The number of ether oxygens (including phenoxy) is 1. The van der Waals surface area contributed by atoms with Crippen molar-refractivity contribution in [2.45, 2.75) is 18.7 Å². The molecule has 0 aliphatic heterocycles. The Balaban J connectivity index is 2.27. The summed E-state index contributed by atoms with van der Waals surface area (Å²) in [6.45, 7) is 7.90. The van der Waals surface area contributed by atoms with Crippen LogP contribution in [-0.2, 0) is 19.6 Å². The zero-order valence-electron chi connectivity index (χ0n) is 17.5. The SMILES string of the molecule is C=CCN(c1ccc(Cl)cc1)S(=O)(=O)c1cccc(C(=O)OCC(=O)N(CC)CC)c1. The second-order valence-corrected chi connectivity index (χ2v) is 8.77. The van der Waals surface area contributed by atoms with E-state index in [0.29, 0.717) is 23.8 Å². The van der Waals surface area contributed by atoms with Gasteiger partial charge in [0.05, 0.1) is 22.7 Å². The van der Waals surface area contributed by atoms with E-state index in [0.717, 1.165) is 4.31 Å². The van der Waals surface area contributed by atoms with Crippen LogP contribution in [0.4, 0.5) is 5.69 Å². The van der Waals surface area contributed by atoms with Crippen molar-refractivity contribution in [1.82, 2.24) is 4.90 Å². The van der Waals surface area contributed by atoms with E-state index in [1.54, 1.807) is 24.3 Å². The molecule has 2 aromatic rings. The van der Waals surface area contributed by atoms with E-state index in [4.69, 9.17) is 16.3 Å². The number of amides is 1. The van der Waals surface area contributed by atoms with Gasteiger partial charge < -0.3 is 9.64 Å². The van der Waals surface area contributed by atoms with Crippen LogP contribution >= 0.6 is 11.6 Å². The van der Waals surface area contributed by atoms with Crippen LogP contribution in [0.25, 0.3) is 0 Å². The van der Waals surface area contributed by atoms with Gasteiger partial charge in [-0.25, -0.2) is 13.2 Å². The second-order valence-electron chi connectivity index (χ2n) is 6.47. The first-order chi connectivity index (χ1) is 14.7. The Morgan fingerprint density at radius 1 is 1.10 bits per heavy atom. The van der Waals surface area contributed by atoms with Crippen LogP contribution in [0.2, 0.25) is 5.02 Å². The van der Waals surface area contributed by atoms with Gasteiger partial charge in [0.15, 0.2) is 6.61 Å². The van der Waals surface area contributed by atoms with Crippen molar-refractivity contribution in [3.05, 3.63) is 71.8 Å². The quantitative estimate of drug-likeness (QED) is 0.395. The fraction of sp³-hybridized carbons (Fsp3) is 0.273. The summed E-state index contributed by atoms with van der Waals surface area (Å²) < 4.78 is 32.7. The first kappa shape index (κ1) is 24.4. The molecule has 0 radical (unpaired) electrons. The van der Waals surface area contributed by atoms with Crippen LogP contribution in [0.3, 0.4) is 0 Å². The van der Waals surface area contributed by atoms with Crippen LogP contribution in [0.5, 0.6) is 0 Å². The number of anilines is 1. The topological polar surface area (TPSA) is 84.0 Å². The summed E-state index contributed by atoms with van der Waals surface area (Å²) in [7, 11) is -4.00. The molecule has 0 atom stereocenters. The molecule has 0 aliphatic rings. The molecule has 2 rings (SSSR count). The van der Waals surface area contributed by atoms with Gasteiger partial charge in [-0.05, 0) is 56.3 Å². The number of rotatable bonds is 10. The van der Waals surface area contributed by atoms with Crippen LogP contribution in [0, 0.1) is 0 Å². The molecule has 0 N–H and O–H groups in total. The van der Waals surface area contributed by atoms with E-state index in [9.17, 15) is 18.0 Å². The summed E-state index contributed by atoms with van der Waals surface area (Å²) in [5.41, 5.74) is 0.435. The van der Waals surface area contributed by atoms with Crippen molar-refractivity contribution in [1.29, 1.82) is 0 Å². The molecule has 31 heavy (non-hydrogen) atoms. The van der Waals surface area contributed by atoms with Gasteiger partial charge in [-0.2, -0.15) is 0 Å². The van der Waals surface area contributed by atoms with Crippen molar-refractivity contribution in [2.75, 3.05) is 30.5 Å². The Morgan fingerprint density at radius 2 is 1.74 bits per heavy atom. The first-order valence-corrected chi connectivity index (χ1v) is 11.5. The molecule has 0 heterocycles. The third kappa shape index (κ3) is 6.08. The molecule has 9 heteroatoms. The Bertz CT molecular complexity index is 1030. The molecule has 0 fully saturated rings. The fourth-order valence-corrected chi connectivity index (χ4v) is 4.46. The number of carbonyl (C=O) groups excluding carboxylic acids is 2. The smallest absolute Gasteiger partial charge is 0.338 e. The van der Waals surface area contributed by atoms with Crippen molar-refractivity contribution in [3.63, 3.8) is 0 Å². The number of benzene rings is 2. The highest BCUT2D eigenvalue weighted by molar-refractivity contribution is 7.92. The summed E-state index contributed by atoms with van der Waals surface area (Å²) in [6, 6.07) is 11.8. The van der Waals surface area contributed by atoms with Crippen LogP contribution in [-0.4, -0.2) is 51.4 Å². The number of sulfonamides is 1. The van der Waals surface area contributed by atoms with E-state index < -0.39 is 22.6 Å². The summed E-state index contributed by atoms with van der Waals surface area (Å²) in [4.78, 5) is 25.9. The molecule has 2 aromatic carbocycles. The summed E-state index contributed by atoms with van der Waals surface area (Å²) in [5.74, 6) is -1.10. The maximum Gasteiger partial charge on any atom is 0.338 e. The molecule has 0 bridgehead atoms. The molecule has 1 amide bonds. The molecule has 0 unspecified atom stereocenters. The maximum atomic E-state index is 13.2. The van der Waals surface area contributed by atoms with Crippen LogP contribution in [0.1, 0.15) is 24.2 Å². The minimum Gasteiger partial charge on any atom is -0.452 e. The first-order valence-electron chi connectivity index (χ1n) is 9.68. The van der Waals surface area contributed by atoms with E-state index >= 15 is 0 Å². The second kappa shape index (κ2) is 11.0. The number of halogens is 1. The lowest BCUT2D eigenvalue weighted by Crippen LogP contribution is -2.34. The lowest BCUT2D eigenvalue weighted by molar-refractivity contribution is -0.134. The minimum absolute atomic E-state index is 0.0248. The zero-order chi connectivity index (χ0) is 23.0. The van der Waals surface area contributed by atoms with E-state index in [2.05, 4.69) is 6.58 Å². The van der Waals surface area contributed by atoms with Gasteiger partial charge in [0.1, 0.15) is 0 Å². The molecule has 0 aliphatic carbocycles. The fourth-order valence-electron chi connectivity index (χ4n) is 2.86. The molecule has 0 aromatic heterocycles. The molecule has 166 valence electrons. The molecule has 7 nitrogen and oxygen atoms in total. The number of hydrogen-bond acceptors (Lipinski definition) is 5. The van der Waals surface area contributed by atoms with Gasteiger partial charge in [-0.15, -0.1) is 6.58 Å². The van der Waals surface area contributed by atoms with Gasteiger partial charge in [0, 0.05) is 18.1 Å². The monoisotopic (exact) mass is 464 g/mol. The predicted molar refractivity (Wildman–Crippen MR) is 121 cm³/mol. The molecule has 0 spiro atoms. The largest absolute Gasteiger partial charge is 0.452 e. The van der Waals surface area contributed by atoms with Gasteiger partial charge in [0.2, 0.25) is 0 Å². The van der Waals surface area contributed by atoms with Crippen LogP contribution < -0.4 is 4.31 Å². The number of likely N-dealkylation sites (N-methyl/N-ethyl adjacent to an activating group) is 1. The normalized spacial score (nSPS) is 10.9. The van der Waals surface area contributed by atoms with Crippen molar-refractivity contribution in [3.8, 4) is 0 Å². The highest BCUT2D eigenvalue weighted by atomic mass is 35.5. The average Bonchev–Trinajstić information content (AvgIpc) is 2.77. The van der Waals surface area contributed by atoms with Gasteiger partial charge >= 0.3 is 5.97 Å². The lowest BCUT2D eigenvalue weighted by atomic mass is 10.2. The molecular weight excluding hydrogens is 440 g/mol. The van der Waals surface area contributed by atoms with E-state index in [1.807, 2.05) is 13.8 Å². The lowest BCUT2D eigenvalue weighted by Gasteiger charge is -2.23. The predicted octanol–water partition coefficient (Wildman–Crippen LogP) is 3.75.